The molecule has 0 fully saturated rings. The molecule has 2 atom stereocenters. The van der Waals surface area contributed by atoms with E-state index in [1.165, 1.54) is 59.8 Å². The highest BCUT2D eigenvalue weighted by molar-refractivity contribution is 6.15. The van der Waals surface area contributed by atoms with Crippen molar-refractivity contribution < 1.29 is 4.74 Å². The van der Waals surface area contributed by atoms with Crippen LogP contribution in [0, 0.1) is 0 Å². The van der Waals surface area contributed by atoms with Gasteiger partial charge in [0.25, 0.3) is 0 Å². The lowest BCUT2D eigenvalue weighted by molar-refractivity contribution is 0.155. The lowest BCUT2D eigenvalue weighted by Gasteiger charge is -2.31. The zero-order valence-electron chi connectivity index (χ0n) is 27.2. The van der Waals surface area contributed by atoms with Crippen LogP contribution in [0.3, 0.4) is 0 Å². The molecule has 1 aliphatic carbocycles. The number of rotatable bonds is 4. The Morgan fingerprint density at radius 1 is 0.531 bits per heavy atom. The first-order valence-corrected chi connectivity index (χ1v) is 17.1. The van der Waals surface area contributed by atoms with Gasteiger partial charge in [-0.25, -0.2) is 0 Å². The normalized spacial score (nSPS) is 17.8. The van der Waals surface area contributed by atoms with E-state index in [0.29, 0.717) is 0 Å². The minimum atomic E-state index is -0.425. The summed E-state index contributed by atoms with van der Waals surface area (Å²) in [6, 6.07) is 55.3. The van der Waals surface area contributed by atoms with Crippen LogP contribution in [0.5, 0.6) is 5.75 Å². The van der Waals surface area contributed by atoms with Gasteiger partial charge in [0.1, 0.15) is 11.4 Å². The molecule has 2 nitrogen and oxygen atoms in total. The summed E-state index contributed by atoms with van der Waals surface area (Å²) in [5.74, 6) is 1.04. The fourth-order valence-electron chi connectivity index (χ4n) is 8.27. The summed E-state index contributed by atoms with van der Waals surface area (Å²) in [7, 11) is 0. The van der Waals surface area contributed by atoms with E-state index in [1.807, 2.05) is 0 Å². The molecule has 49 heavy (non-hydrogen) atoms. The lowest BCUT2D eigenvalue weighted by atomic mass is 9.81. The standard InChI is InChI=1S/C47H33NO/c1-47-28-11-10-21-42(47)46-43(22-12-23-45(46)49-47)48(44-30-33-14-3-5-16-36(33)38-18-8-9-20-40(38)44)34-26-24-31(25-27-34)41-29-32-13-2-4-15-35(32)37-17-6-7-19-39(37)41/h2-30,42H,1H3. The van der Waals surface area contributed by atoms with Gasteiger partial charge < -0.3 is 9.64 Å². The summed E-state index contributed by atoms with van der Waals surface area (Å²) >= 11 is 0. The van der Waals surface area contributed by atoms with Gasteiger partial charge in [-0.3, -0.25) is 0 Å². The van der Waals surface area contributed by atoms with Crippen molar-refractivity contribution in [2.75, 3.05) is 4.90 Å². The Kier molecular flexibility index (Phi) is 6.10. The minimum Gasteiger partial charge on any atom is -0.482 e. The molecule has 10 rings (SSSR count). The molecule has 232 valence electrons. The first kappa shape index (κ1) is 27.9. The molecule has 2 aliphatic rings. The third-order valence-electron chi connectivity index (χ3n) is 10.6. The number of hydrogen-bond donors (Lipinski definition) is 0. The van der Waals surface area contributed by atoms with Crippen LogP contribution in [0.25, 0.3) is 54.2 Å². The second kappa shape index (κ2) is 10.7. The summed E-state index contributed by atoms with van der Waals surface area (Å²) in [4.78, 5) is 2.46. The van der Waals surface area contributed by atoms with Crippen LogP contribution in [-0.2, 0) is 0 Å². The number of anilines is 3. The molecular weight excluding hydrogens is 595 g/mol. The minimum absolute atomic E-state index is 0.0983. The smallest absolute Gasteiger partial charge is 0.135 e. The Morgan fingerprint density at radius 3 is 1.88 bits per heavy atom. The monoisotopic (exact) mass is 627 g/mol. The van der Waals surface area contributed by atoms with Gasteiger partial charge in [0, 0.05) is 16.6 Å². The van der Waals surface area contributed by atoms with Crippen LogP contribution in [-0.4, -0.2) is 5.60 Å². The van der Waals surface area contributed by atoms with Gasteiger partial charge in [0.2, 0.25) is 0 Å². The zero-order valence-corrected chi connectivity index (χ0v) is 27.2. The van der Waals surface area contributed by atoms with Crippen molar-refractivity contribution in [1.29, 1.82) is 0 Å². The predicted molar refractivity (Wildman–Crippen MR) is 207 cm³/mol. The van der Waals surface area contributed by atoms with E-state index in [2.05, 4.69) is 188 Å². The second-order valence-corrected chi connectivity index (χ2v) is 13.4. The van der Waals surface area contributed by atoms with Crippen LogP contribution in [0.2, 0.25) is 0 Å². The van der Waals surface area contributed by atoms with Gasteiger partial charge in [0.15, 0.2) is 0 Å². The molecule has 8 aromatic rings. The molecule has 0 aromatic heterocycles. The molecule has 0 saturated heterocycles. The number of nitrogens with zero attached hydrogens (tertiary/aromatic N) is 1. The Morgan fingerprint density at radius 2 is 1.14 bits per heavy atom. The summed E-state index contributed by atoms with van der Waals surface area (Å²) in [6.45, 7) is 2.19. The van der Waals surface area contributed by atoms with E-state index in [9.17, 15) is 0 Å². The maximum absolute atomic E-state index is 6.71. The molecule has 0 saturated carbocycles. The number of hydrogen-bond acceptors (Lipinski definition) is 2. The fourth-order valence-corrected chi connectivity index (χ4v) is 8.27. The van der Waals surface area contributed by atoms with E-state index in [4.69, 9.17) is 4.74 Å². The summed E-state index contributed by atoms with van der Waals surface area (Å²) in [5.41, 5.74) is 6.62. The molecule has 2 heteroatoms. The van der Waals surface area contributed by atoms with E-state index in [-0.39, 0.29) is 5.92 Å². The number of ether oxygens (including phenoxy) is 1. The highest BCUT2D eigenvalue weighted by atomic mass is 16.5. The molecule has 0 spiro atoms. The van der Waals surface area contributed by atoms with Crippen molar-refractivity contribution in [3.8, 4) is 16.9 Å². The molecule has 0 amide bonds. The molecule has 8 aromatic carbocycles. The van der Waals surface area contributed by atoms with E-state index >= 15 is 0 Å². The maximum atomic E-state index is 6.71. The third-order valence-corrected chi connectivity index (χ3v) is 10.6. The van der Waals surface area contributed by atoms with Gasteiger partial charge in [-0.1, -0.05) is 133 Å². The first-order chi connectivity index (χ1) is 24.2. The first-order valence-electron chi connectivity index (χ1n) is 17.1. The van der Waals surface area contributed by atoms with E-state index < -0.39 is 5.60 Å². The zero-order chi connectivity index (χ0) is 32.5. The summed E-state index contributed by atoms with van der Waals surface area (Å²) in [6.07, 6.45) is 8.74. The Labute approximate surface area is 285 Å². The van der Waals surface area contributed by atoms with Crippen molar-refractivity contribution >= 4 is 60.2 Å². The molecule has 0 bridgehead atoms. The van der Waals surface area contributed by atoms with Crippen molar-refractivity contribution in [3.05, 3.63) is 182 Å². The van der Waals surface area contributed by atoms with Crippen molar-refractivity contribution in [1.82, 2.24) is 0 Å². The third kappa shape index (κ3) is 4.27. The Hall–Kier alpha value is -6.12. The predicted octanol–water partition coefficient (Wildman–Crippen LogP) is 12.8. The van der Waals surface area contributed by atoms with Gasteiger partial charge in [-0.15, -0.1) is 0 Å². The quantitative estimate of drug-likeness (QED) is 0.180. The van der Waals surface area contributed by atoms with Crippen LogP contribution < -0.4 is 9.64 Å². The van der Waals surface area contributed by atoms with E-state index in [0.717, 1.165) is 22.8 Å². The largest absolute Gasteiger partial charge is 0.482 e. The number of fused-ring (bicyclic) bond motifs is 9. The van der Waals surface area contributed by atoms with Gasteiger partial charge >= 0.3 is 0 Å². The van der Waals surface area contributed by atoms with Crippen molar-refractivity contribution in [2.45, 2.75) is 18.4 Å². The maximum Gasteiger partial charge on any atom is 0.135 e. The number of benzene rings is 8. The van der Waals surface area contributed by atoms with Crippen LogP contribution in [0.15, 0.2) is 176 Å². The molecule has 0 N–H and O–H groups in total. The Bertz CT molecular complexity index is 2670. The SMILES string of the molecule is CC12C=CC=CC1c1c(cccc1N(c1ccc(-c3cc4ccccc4c4ccccc34)cc1)c1cc3ccccc3c3ccccc13)O2. The van der Waals surface area contributed by atoms with Crippen LogP contribution in [0.4, 0.5) is 17.1 Å². The van der Waals surface area contributed by atoms with Crippen LogP contribution >= 0.6 is 0 Å². The highest BCUT2D eigenvalue weighted by Crippen LogP contribution is 2.54. The number of allylic oxidation sites excluding steroid dienone is 2. The van der Waals surface area contributed by atoms with Crippen molar-refractivity contribution in [2.24, 2.45) is 0 Å². The van der Waals surface area contributed by atoms with E-state index in [1.54, 1.807) is 0 Å². The molecule has 2 unspecified atom stereocenters. The Balaban J connectivity index is 1.21. The summed E-state index contributed by atoms with van der Waals surface area (Å²) < 4.78 is 6.71. The second-order valence-electron chi connectivity index (χ2n) is 13.4. The fraction of sp³-hybridized carbons (Fsp3) is 0.0638. The molecule has 1 heterocycles. The average molecular weight is 628 g/mol. The van der Waals surface area contributed by atoms with Gasteiger partial charge in [-0.2, -0.15) is 0 Å². The topological polar surface area (TPSA) is 12.5 Å². The molecule has 1 aliphatic heterocycles. The average Bonchev–Trinajstić information content (AvgIpc) is 3.48. The molecular formula is C47H33NO. The van der Waals surface area contributed by atoms with Crippen LogP contribution in [0.1, 0.15) is 18.4 Å². The van der Waals surface area contributed by atoms with Gasteiger partial charge in [0.05, 0.1) is 17.3 Å². The van der Waals surface area contributed by atoms with Gasteiger partial charge in [-0.05, 0) is 98.2 Å². The highest BCUT2D eigenvalue weighted by Gasteiger charge is 2.44. The summed E-state index contributed by atoms with van der Waals surface area (Å²) in [5, 5.41) is 10.0. The van der Waals surface area contributed by atoms with Crippen molar-refractivity contribution in [3.63, 3.8) is 0 Å². The lowest BCUT2D eigenvalue weighted by Crippen LogP contribution is -2.32. The molecule has 0 radical (unpaired) electrons.